The van der Waals surface area contributed by atoms with Gasteiger partial charge in [-0.2, -0.15) is 12.7 Å². The van der Waals surface area contributed by atoms with E-state index in [4.69, 9.17) is 5.11 Å². The summed E-state index contributed by atoms with van der Waals surface area (Å²) in [6.07, 6.45) is 2.88. The summed E-state index contributed by atoms with van der Waals surface area (Å²) >= 11 is 0. The molecule has 0 bridgehead atoms. The lowest BCUT2D eigenvalue weighted by Crippen LogP contribution is -2.47. The van der Waals surface area contributed by atoms with E-state index in [9.17, 15) is 13.2 Å². The quantitative estimate of drug-likeness (QED) is 0.785. The summed E-state index contributed by atoms with van der Waals surface area (Å²) in [5, 5.41) is 9.00. The molecule has 0 radical (unpaired) electrons. The molecule has 3 rings (SSSR count). The lowest BCUT2D eigenvalue weighted by atomic mass is 9.99. The number of hydrogen-bond acceptors (Lipinski definition) is 4. The fourth-order valence-corrected chi connectivity index (χ4v) is 4.81. The van der Waals surface area contributed by atoms with Crippen molar-refractivity contribution in [3.8, 4) is 0 Å². The number of para-hydroxylation sites is 1. The Labute approximate surface area is 148 Å². The van der Waals surface area contributed by atoms with Crippen molar-refractivity contribution in [1.29, 1.82) is 0 Å². The van der Waals surface area contributed by atoms with E-state index in [1.807, 2.05) is 12.1 Å². The standard InChI is InChI=1S/C17H25N3O4S/c21-17(22)15-7-11-20(12-8-15)25(23,24)18-9-13-19-10-3-5-14-4-1-2-6-16(14)19/h1-2,4,6,15,18H,3,5,7-13H2,(H,21,22). The molecule has 7 nitrogen and oxygen atoms in total. The lowest BCUT2D eigenvalue weighted by Gasteiger charge is -2.32. The summed E-state index contributed by atoms with van der Waals surface area (Å²) in [6, 6.07) is 8.25. The minimum Gasteiger partial charge on any atom is -0.481 e. The molecule has 1 fully saturated rings. The lowest BCUT2D eigenvalue weighted by molar-refractivity contribution is -0.142. The third-order valence-corrected chi connectivity index (χ3v) is 6.63. The molecule has 0 spiro atoms. The maximum Gasteiger partial charge on any atom is 0.306 e. The van der Waals surface area contributed by atoms with Crippen molar-refractivity contribution in [3.63, 3.8) is 0 Å². The van der Waals surface area contributed by atoms with Gasteiger partial charge in [-0.3, -0.25) is 4.79 Å². The average Bonchev–Trinajstić information content (AvgIpc) is 2.62. The van der Waals surface area contributed by atoms with Crippen LogP contribution >= 0.6 is 0 Å². The van der Waals surface area contributed by atoms with Gasteiger partial charge in [0.2, 0.25) is 0 Å². The highest BCUT2D eigenvalue weighted by molar-refractivity contribution is 7.87. The van der Waals surface area contributed by atoms with Crippen LogP contribution in [0.15, 0.2) is 24.3 Å². The van der Waals surface area contributed by atoms with Crippen LogP contribution in [0, 0.1) is 5.92 Å². The Balaban J connectivity index is 1.51. The van der Waals surface area contributed by atoms with Gasteiger partial charge in [-0.15, -0.1) is 0 Å². The van der Waals surface area contributed by atoms with Crippen molar-refractivity contribution >= 4 is 21.9 Å². The molecule has 0 atom stereocenters. The van der Waals surface area contributed by atoms with Crippen molar-refractivity contribution in [2.75, 3.05) is 37.6 Å². The minimum absolute atomic E-state index is 0.263. The predicted molar refractivity (Wildman–Crippen MR) is 95.8 cm³/mol. The highest BCUT2D eigenvalue weighted by Crippen LogP contribution is 2.26. The van der Waals surface area contributed by atoms with E-state index in [2.05, 4.69) is 21.8 Å². The first kappa shape index (κ1) is 18.2. The highest BCUT2D eigenvalue weighted by atomic mass is 32.2. The number of anilines is 1. The van der Waals surface area contributed by atoms with Gasteiger partial charge < -0.3 is 10.0 Å². The van der Waals surface area contributed by atoms with Crippen LogP contribution in [0.1, 0.15) is 24.8 Å². The largest absolute Gasteiger partial charge is 0.481 e. The number of aliphatic carboxylic acids is 1. The van der Waals surface area contributed by atoms with Crippen LogP contribution in [0.25, 0.3) is 0 Å². The first-order valence-electron chi connectivity index (χ1n) is 8.78. The smallest absolute Gasteiger partial charge is 0.306 e. The number of fused-ring (bicyclic) bond motifs is 1. The van der Waals surface area contributed by atoms with E-state index < -0.39 is 22.1 Å². The minimum atomic E-state index is -3.55. The third kappa shape index (κ3) is 4.31. The van der Waals surface area contributed by atoms with Gasteiger partial charge in [-0.25, -0.2) is 4.72 Å². The molecule has 2 aliphatic rings. The molecular weight excluding hydrogens is 342 g/mol. The fourth-order valence-electron chi connectivity index (χ4n) is 3.59. The molecule has 0 aliphatic carbocycles. The summed E-state index contributed by atoms with van der Waals surface area (Å²) in [7, 11) is -3.55. The first-order valence-corrected chi connectivity index (χ1v) is 10.2. The maximum atomic E-state index is 12.4. The second-order valence-electron chi connectivity index (χ2n) is 6.63. The van der Waals surface area contributed by atoms with Crippen LogP contribution in [0.5, 0.6) is 0 Å². The Morgan fingerprint density at radius 1 is 1.20 bits per heavy atom. The summed E-state index contributed by atoms with van der Waals surface area (Å²) in [5.74, 6) is -1.27. The molecule has 1 aromatic rings. The number of aryl methyl sites for hydroxylation is 1. The SMILES string of the molecule is O=C(O)C1CCN(S(=O)(=O)NCCN2CCCc3ccccc32)CC1. The number of carbonyl (C=O) groups is 1. The average molecular weight is 367 g/mol. The van der Waals surface area contributed by atoms with Gasteiger partial charge >= 0.3 is 5.97 Å². The number of carboxylic acid groups (broad SMARTS) is 1. The van der Waals surface area contributed by atoms with E-state index in [1.54, 1.807) is 0 Å². The molecule has 138 valence electrons. The monoisotopic (exact) mass is 367 g/mol. The van der Waals surface area contributed by atoms with Gasteiger partial charge in [0.15, 0.2) is 0 Å². The topological polar surface area (TPSA) is 90.0 Å². The van der Waals surface area contributed by atoms with E-state index in [1.165, 1.54) is 15.6 Å². The molecule has 0 aromatic heterocycles. The highest BCUT2D eigenvalue weighted by Gasteiger charge is 2.30. The van der Waals surface area contributed by atoms with Crippen LogP contribution in [-0.2, 0) is 21.4 Å². The number of rotatable bonds is 6. The van der Waals surface area contributed by atoms with Crippen molar-refractivity contribution in [1.82, 2.24) is 9.03 Å². The zero-order valence-electron chi connectivity index (χ0n) is 14.2. The first-order chi connectivity index (χ1) is 12.0. The van der Waals surface area contributed by atoms with E-state index in [0.717, 1.165) is 19.4 Å². The molecule has 1 aromatic carbocycles. The number of hydrogen-bond donors (Lipinski definition) is 2. The van der Waals surface area contributed by atoms with Crippen molar-refractivity contribution in [2.45, 2.75) is 25.7 Å². The van der Waals surface area contributed by atoms with Gasteiger partial charge in [0.25, 0.3) is 10.2 Å². The predicted octanol–water partition coefficient (Wildman–Crippen LogP) is 1.07. The molecule has 25 heavy (non-hydrogen) atoms. The molecule has 2 N–H and O–H groups in total. The normalized spacial score (nSPS) is 19.6. The number of piperidine rings is 1. The summed E-state index contributed by atoms with van der Waals surface area (Å²) < 4.78 is 28.8. The zero-order valence-corrected chi connectivity index (χ0v) is 15.0. The number of carboxylic acids is 1. The Hall–Kier alpha value is -1.64. The van der Waals surface area contributed by atoms with Gasteiger partial charge in [0, 0.05) is 38.4 Å². The molecule has 1 saturated heterocycles. The molecule has 0 saturated carbocycles. The van der Waals surface area contributed by atoms with Crippen molar-refractivity contribution < 1.29 is 18.3 Å². The third-order valence-electron chi connectivity index (χ3n) is 5.02. The van der Waals surface area contributed by atoms with E-state index in [-0.39, 0.29) is 13.1 Å². The molecule has 8 heteroatoms. The van der Waals surface area contributed by atoms with E-state index in [0.29, 0.717) is 25.9 Å². The Morgan fingerprint density at radius 2 is 1.92 bits per heavy atom. The number of benzene rings is 1. The van der Waals surface area contributed by atoms with Crippen LogP contribution in [-0.4, -0.2) is 56.5 Å². The number of nitrogens with one attached hydrogen (secondary N) is 1. The second kappa shape index (κ2) is 7.72. The van der Waals surface area contributed by atoms with Crippen molar-refractivity contribution in [2.24, 2.45) is 5.92 Å². The Kier molecular flexibility index (Phi) is 5.61. The second-order valence-corrected chi connectivity index (χ2v) is 8.39. The van der Waals surface area contributed by atoms with Crippen molar-refractivity contribution in [3.05, 3.63) is 29.8 Å². The molecule has 2 aliphatic heterocycles. The Bertz CT molecular complexity index is 714. The van der Waals surface area contributed by atoms with Gasteiger partial charge in [-0.05, 0) is 37.3 Å². The molecule has 0 amide bonds. The van der Waals surface area contributed by atoms with Crippen LogP contribution in [0.4, 0.5) is 5.69 Å². The van der Waals surface area contributed by atoms with Gasteiger partial charge in [-0.1, -0.05) is 18.2 Å². The van der Waals surface area contributed by atoms with Gasteiger partial charge in [0.05, 0.1) is 5.92 Å². The van der Waals surface area contributed by atoms with E-state index >= 15 is 0 Å². The van der Waals surface area contributed by atoms with Crippen LogP contribution in [0.3, 0.4) is 0 Å². The summed E-state index contributed by atoms with van der Waals surface area (Å²) in [5.41, 5.74) is 2.50. The number of nitrogens with zero attached hydrogens (tertiary/aromatic N) is 2. The van der Waals surface area contributed by atoms with Crippen LogP contribution < -0.4 is 9.62 Å². The maximum absolute atomic E-state index is 12.4. The summed E-state index contributed by atoms with van der Waals surface area (Å²) in [4.78, 5) is 13.2. The summed E-state index contributed by atoms with van der Waals surface area (Å²) in [6.45, 7) is 2.43. The Morgan fingerprint density at radius 3 is 2.64 bits per heavy atom. The van der Waals surface area contributed by atoms with Gasteiger partial charge in [0.1, 0.15) is 0 Å². The molecule has 0 unspecified atom stereocenters. The fraction of sp³-hybridized carbons (Fsp3) is 0.588. The van der Waals surface area contributed by atoms with Crippen LogP contribution in [0.2, 0.25) is 0 Å². The molecule has 2 heterocycles. The molecular formula is C17H25N3O4S. The zero-order chi connectivity index (χ0) is 17.9.